The Morgan fingerprint density at radius 2 is 1.76 bits per heavy atom. The number of nitrogens with zero attached hydrogens (tertiary/aromatic N) is 2. The lowest BCUT2D eigenvalue weighted by Crippen LogP contribution is -2.32. The number of aromatic nitrogens is 2. The van der Waals surface area contributed by atoms with Crippen molar-refractivity contribution in [2.45, 2.75) is 44.4 Å². The fraction of sp³-hybridized carbons (Fsp3) is 0.235. The first-order valence-electron chi connectivity index (χ1n) is 14.7. The fourth-order valence-corrected chi connectivity index (χ4v) is 7.12. The highest BCUT2D eigenvalue weighted by Crippen LogP contribution is 2.33. The van der Waals surface area contributed by atoms with Gasteiger partial charge in [-0.25, -0.2) is 8.42 Å². The highest BCUT2D eigenvalue weighted by molar-refractivity contribution is 7.93. The van der Waals surface area contributed by atoms with Gasteiger partial charge < -0.3 is 15.5 Å². The molecule has 0 unspecified atom stereocenters. The maximum absolute atomic E-state index is 14.3. The Morgan fingerprint density at radius 1 is 1.02 bits per heavy atom. The number of carbonyl (C=O) groups is 2. The molecule has 0 atom stereocenters. The molecule has 4 N–H and O–H groups in total. The number of nitrogens with two attached hydrogens (primary N) is 1. The second-order valence-corrected chi connectivity index (χ2v) is 12.5. The fourth-order valence-electron chi connectivity index (χ4n) is 5.45. The summed E-state index contributed by atoms with van der Waals surface area (Å²) in [6.45, 7) is 3.80. The van der Waals surface area contributed by atoms with Gasteiger partial charge in [0, 0.05) is 58.7 Å². The molecular weight excluding hydrogens is 626 g/mol. The smallest absolute Gasteiger partial charge is 0.305 e. The number of aryl methyl sites for hydroxylation is 2. The van der Waals surface area contributed by atoms with Crippen LogP contribution in [0.15, 0.2) is 83.9 Å². The van der Waals surface area contributed by atoms with Gasteiger partial charge >= 0.3 is 5.97 Å². The zero-order chi connectivity index (χ0) is 32.1. The molecule has 0 aliphatic heterocycles. The molecule has 5 aromatic rings. The third-order valence-electron chi connectivity index (χ3n) is 7.65. The van der Waals surface area contributed by atoms with Crippen LogP contribution in [0.4, 0.5) is 5.69 Å². The zero-order valence-electron chi connectivity index (χ0n) is 25.6. The number of para-hydroxylation sites is 1. The quantitative estimate of drug-likeness (QED) is 0.0596. The van der Waals surface area contributed by atoms with Gasteiger partial charge in [-0.2, -0.15) is 0 Å². The van der Waals surface area contributed by atoms with E-state index < -0.39 is 16.0 Å². The third kappa shape index (κ3) is 7.21. The molecule has 12 heteroatoms. The highest BCUT2D eigenvalue weighted by Gasteiger charge is 2.28. The molecule has 2 aromatic heterocycles. The maximum atomic E-state index is 14.3. The summed E-state index contributed by atoms with van der Waals surface area (Å²) in [6, 6.07) is 21.0. The number of ether oxygens (including phenoxy) is 1. The van der Waals surface area contributed by atoms with Gasteiger partial charge in [-0.05, 0) is 62.6 Å². The van der Waals surface area contributed by atoms with E-state index in [2.05, 4.69) is 9.97 Å². The van der Waals surface area contributed by atoms with Gasteiger partial charge in [-0.15, -0.1) is 12.4 Å². The Bertz CT molecular complexity index is 2000. The molecule has 0 fully saturated rings. The number of rotatable bonds is 13. The number of hydrogen-bond acceptors (Lipinski definition) is 7. The van der Waals surface area contributed by atoms with Crippen LogP contribution in [-0.4, -0.2) is 49.1 Å². The van der Waals surface area contributed by atoms with Crippen LogP contribution in [0, 0.1) is 12.3 Å². The molecule has 240 valence electrons. The summed E-state index contributed by atoms with van der Waals surface area (Å²) < 4.78 is 35.0. The van der Waals surface area contributed by atoms with Crippen LogP contribution in [-0.2, 0) is 26.0 Å². The summed E-state index contributed by atoms with van der Waals surface area (Å²) in [5.74, 6) is -0.500. The number of Topliss-reactive ketones (excluding diaryl/α,β-unsaturated/α-hetero) is 1. The van der Waals surface area contributed by atoms with Gasteiger partial charge in [0.05, 0.1) is 17.8 Å². The number of amidine groups is 1. The number of nitrogen functional groups attached to an aromatic ring is 1. The SMILES string of the molecule is CCOC(=O)CCCN(c1ccc2[nH]c(C)c(C(=O)CCc3ccc(C(=N)N)cc3)c2c1)S(=O)(=O)c1cccc2cccnc12.Cl. The lowest BCUT2D eigenvalue weighted by atomic mass is 9.99. The summed E-state index contributed by atoms with van der Waals surface area (Å²) >= 11 is 0. The Morgan fingerprint density at radius 3 is 2.48 bits per heavy atom. The van der Waals surface area contributed by atoms with E-state index in [9.17, 15) is 18.0 Å². The lowest BCUT2D eigenvalue weighted by molar-refractivity contribution is -0.143. The highest BCUT2D eigenvalue weighted by atomic mass is 35.5. The van der Waals surface area contributed by atoms with Gasteiger partial charge in [0.1, 0.15) is 10.7 Å². The molecular formula is C34H36ClN5O5S. The minimum absolute atomic E-state index is 0. The van der Waals surface area contributed by atoms with Crippen molar-refractivity contribution in [3.8, 4) is 0 Å². The minimum atomic E-state index is -4.14. The van der Waals surface area contributed by atoms with Gasteiger partial charge in [-0.1, -0.05) is 42.5 Å². The lowest BCUT2D eigenvalue weighted by Gasteiger charge is -2.25. The van der Waals surface area contributed by atoms with E-state index in [1.54, 1.807) is 67.7 Å². The van der Waals surface area contributed by atoms with E-state index in [1.807, 2.05) is 19.1 Å². The van der Waals surface area contributed by atoms with Crippen molar-refractivity contribution in [1.82, 2.24) is 9.97 Å². The molecule has 0 saturated heterocycles. The van der Waals surface area contributed by atoms with Gasteiger partial charge in [-0.3, -0.25) is 24.3 Å². The molecule has 0 amide bonds. The summed E-state index contributed by atoms with van der Waals surface area (Å²) in [4.78, 5) is 33.4. The molecule has 3 aromatic carbocycles. The number of H-pyrrole nitrogens is 1. The first-order chi connectivity index (χ1) is 21.6. The molecule has 0 aliphatic rings. The minimum Gasteiger partial charge on any atom is -0.466 e. The topological polar surface area (TPSA) is 159 Å². The summed E-state index contributed by atoms with van der Waals surface area (Å²) in [5, 5.41) is 8.87. The number of sulfonamides is 1. The number of anilines is 1. The Balaban J connectivity index is 0.00000480. The monoisotopic (exact) mass is 661 g/mol. The molecule has 0 saturated carbocycles. The van der Waals surface area contributed by atoms with Gasteiger partial charge in [0.15, 0.2) is 5.78 Å². The van der Waals surface area contributed by atoms with Crippen molar-refractivity contribution in [3.05, 3.63) is 101 Å². The number of pyridine rings is 1. The molecule has 0 aliphatic carbocycles. The second kappa shape index (κ2) is 14.6. The predicted octanol–water partition coefficient (Wildman–Crippen LogP) is 6.08. The van der Waals surface area contributed by atoms with Crippen molar-refractivity contribution < 1.29 is 22.7 Å². The Labute approximate surface area is 273 Å². The van der Waals surface area contributed by atoms with Crippen LogP contribution >= 0.6 is 12.4 Å². The van der Waals surface area contributed by atoms with Crippen molar-refractivity contribution in [3.63, 3.8) is 0 Å². The number of esters is 1. The van der Waals surface area contributed by atoms with Crippen LogP contribution < -0.4 is 10.0 Å². The molecule has 0 bridgehead atoms. The largest absolute Gasteiger partial charge is 0.466 e. The molecule has 10 nitrogen and oxygen atoms in total. The number of fused-ring (bicyclic) bond motifs is 2. The van der Waals surface area contributed by atoms with Crippen LogP contribution in [0.5, 0.6) is 0 Å². The second-order valence-electron chi connectivity index (χ2n) is 10.7. The molecule has 5 rings (SSSR count). The van der Waals surface area contributed by atoms with E-state index in [4.69, 9.17) is 15.9 Å². The van der Waals surface area contributed by atoms with Crippen molar-refractivity contribution in [2.24, 2.45) is 5.73 Å². The normalized spacial score (nSPS) is 11.3. The maximum Gasteiger partial charge on any atom is 0.305 e. The average Bonchev–Trinajstić information content (AvgIpc) is 3.36. The first-order valence-corrected chi connectivity index (χ1v) is 16.1. The van der Waals surface area contributed by atoms with E-state index in [0.717, 1.165) is 5.56 Å². The summed E-state index contributed by atoms with van der Waals surface area (Å²) in [7, 11) is -4.14. The molecule has 0 spiro atoms. The van der Waals surface area contributed by atoms with E-state index in [-0.39, 0.29) is 61.3 Å². The third-order valence-corrected chi connectivity index (χ3v) is 9.51. The van der Waals surface area contributed by atoms with Crippen LogP contribution in [0.1, 0.15) is 53.4 Å². The molecule has 0 radical (unpaired) electrons. The predicted molar refractivity (Wildman–Crippen MR) is 183 cm³/mol. The number of carbonyl (C=O) groups excluding carboxylic acids is 2. The number of halogens is 1. The number of ketones is 1. The molecule has 46 heavy (non-hydrogen) atoms. The van der Waals surface area contributed by atoms with Crippen LogP contribution in [0.25, 0.3) is 21.8 Å². The number of benzene rings is 3. The Hall–Kier alpha value is -4.74. The summed E-state index contributed by atoms with van der Waals surface area (Å²) in [5.41, 5.74) is 9.72. The van der Waals surface area contributed by atoms with Crippen LogP contribution in [0.2, 0.25) is 0 Å². The number of nitrogens with one attached hydrogen (secondary N) is 2. The van der Waals surface area contributed by atoms with E-state index in [0.29, 0.717) is 50.7 Å². The number of aromatic amines is 1. The van der Waals surface area contributed by atoms with Gasteiger partial charge in [0.2, 0.25) is 0 Å². The number of hydrogen-bond donors (Lipinski definition) is 3. The van der Waals surface area contributed by atoms with E-state index in [1.165, 1.54) is 10.4 Å². The first kappa shape index (κ1) is 34.1. The molecule has 2 heterocycles. The van der Waals surface area contributed by atoms with Crippen LogP contribution in [0.3, 0.4) is 0 Å². The standard InChI is InChI=1S/C34H35N5O5S.ClH/c1-3-44-31(41)10-6-20-39(45(42,43)30-9-4-7-24-8-5-19-37-33(24)30)26-16-17-28-27(21-26)32(22(2)38-28)29(40)18-13-23-11-14-25(15-12-23)34(35)36;/h4-5,7-9,11-12,14-17,19,21,38H,3,6,10,13,18,20H2,1-2H3,(H3,35,36);1H. The van der Waals surface area contributed by atoms with Crippen molar-refractivity contribution >= 4 is 67.5 Å². The van der Waals surface area contributed by atoms with Gasteiger partial charge in [0.25, 0.3) is 10.0 Å². The average molecular weight is 662 g/mol. The summed E-state index contributed by atoms with van der Waals surface area (Å²) in [6.07, 6.45) is 2.56. The zero-order valence-corrected chi connectivity index (χ0v) is 27.2. The van der Waals surface area contributed by atoms with Crippen molar-refractivity contribution in [2.75, 3.05) is 17.5 Å². The van der Waals surface area contributed by atoms with E-state index >= 15 is 0 Å². The Kier molecular flexibility index (Phi) is 10.8. The van der Waals surface area contributed by atoms with Crippen molar-refractivity contribution in [1.29, 1.82) is 5.41 Å².